The van der Waals surface area contributed by atoms with Gasteiger partial charge in [0.2, 0.25) is 0 Å². The van der Waals surface area contributed by atoms with Crippen LogP contribution in [-0.2, 0) is 16.0 Å². The molecule has 0 bridgehead atoms. The van der Waals surface area contributed by atoms with E-state index in [1.165, 1.54) is 22.3 Å². The normalized spacial score (nSPS) is 11.5. The molecule has 2 aromatic carbocycles. The molecule has 0 radical (unpaired) electrons. The predicted molar refractivity (Wildman–Crippen MR) is 130 cm³/mol. The van der Waals surface area contributed by atoms with Crippen molar-refractivity contribution in [2.75, 3.05) is 6.61 Å². The molecule has 0 unspecified atom stereocenters. The fourth-order valence-corrected chi connectivity index (χ4v) is 4.02. The van der Waals surface area contributed by atoms with E-state index >= 15 is 0 Å². The Labute approximate surface area is 192 Å². The summed E-state index contributed by atoms with van der Waals surface area (Å²) in [5.74, 6) is -0.309. The van der Waals surface area contributed by atoms with E-state index in [9.17, 15) is 4.79 Å². The SMILES string of the molecule is C=CCCCCc1cc(C)cc(C)c1-c1ccc(Cl)c([C@@H](N)CC(=O)OCC)c1.Cl. The number of hydrogen-bond acceptors (Lipinski definition) is 3. The van der Waals surface area contributed by atoms with Crippen LogP contribution in [-0.4, -0.2) is 12.6 Å². The Morgan fingerprint density at radius 3 is 2.63 bits per heavy atom. The quantitative estimate of drug-likeness (QED) is 0.243. The zero-order valence-electron chi connectivity index (χ0n) is 18.2. The lowest BCUT2D eigenvalue weighted by Gasteiger charge is -2.18. The Bertz CT molecular complexity index is 864. The van der Waals surface area contributed by atoms with Crippen molar-refractivity contribution < 1.29 is 9.53 Å². The van der Waals surface area contributed by atoms with Gasteiger partial charge in [-0.3, -0.25) is 4.79 Å². The van der Waals surface area contributed by atoms with Crippen molar-refractivity contribution in [1.82, 2.24) is 0 Å². The van der Waals surface area contributed by atoms with Crippen LogP contribution in [0.1, 0.15) is 60.9 Å². The van der Waals surface area contributed by atoms with Crippen LogP contribution in [0.15, 0.2) is 43.0 Å². The highest BCUT2D eigenvalue weighted by Crippen LogP contribution is 2.34. The minimum atomic E-state index is -0.497. The number of esters is 1. The molecule has 3 nitrogen and oxygen atoms in total. The molecule has 0 heterocycles. The van der Waals surface area contributed by atoms with E-state index in [-0.39, 0.29) is 24.8 Å². The summed E-state index contributed by atoms with van der Waals surface area (Å²) in [6.07, 6.45) is 6.38. The minimum absolute atomic E-state index is 0. The van der Waals surface area contributed by atoms with Crippen LogP contribution in [0.2, 0.25) is 5.02 Å². The van der Waals surface area contributed by atoms with Crippen molar-refractivity contribution >= 4 is 30.0 Å². The molecular weight excluding hydrogens is 417 g/mol. The van der Waals surface area contributed by atoms with Gasteiger partial charge in [0.15, 0.2) is 0 Å². The number of allylic oxidation sites excluding steroid dienone is 1. The number of benzene rings is 2. The summed E-state index contributed by atoms with van der Waals surface area (Å²) in [6.45, 7) is 10.2. The summed E-state index contributed by atoms with van der Waals surface area (Å²) in [5, 5.41) is 0.572. The number of nitrogens with two attached hydrogens (primary N) is 1. The monoisotopic (exact) mass is 449 g/mol. The zero-order chi connectivity index (χ0) is 21.4. The highest BCUT2D eigenvalue weighted by atomic mass is 35.5. The number of rotatable bonds is 10. The minimum Gasteiger partial charge on any atom is -0.466 e. The Kier molecular flexibility index (Phi) is 11.2. The number of carbonyl (C=O) groups excluding carboxylic acids is 1. The van der Waals surface area contributed by atoms with E-state index in [0.29, 0.717) is 11.6 Å². The molecule has 0 aliphatic carbocycles. The molecule has 2 aromatic rings. The molecule has 30 heavy (non-hydrogen) atoms. The number of unbranched alkanes of at least 4 members (excludes halogenated alkanes) is 2. The standard InChI is InChI=1S/C25H32ClNO2.ClH/c1-5-7-8-9-10-19-14-17(3)13-18(4)25(19)20-11-12-22(26)21(15-20)23(27)16-24(28)29-6-2;/h5,11-15,23H,1,6-10,16,27H2,2-4H3;1H/t23-;/m0./s1. The van der Waals surface area contributed by atoms with Crippen LogP contribution in [0.5, 0.6) is 0 Å². The van der Waals surface area contributed by atoms with Crippen molar-refractivity contribution in [3.05, 3.63) is 70.3 Å². The van der Waals surface area contributed by atoms with Gasteiger partial charge in [-0.15, -0.1) is 19.0 Å². The molecule has 164 valence electrons. The van der Waals surface area contributed by atoms with Crippen molar-refractivity contribution in [3.63, 3.8) is 0 Å². The smallest absolute Gasteiger partial charge is 0.307 e. The average Bonchev–Trinajstić information content (AvgIpc) is 2.65. The van der Waals surface area contributed by atoms with Crippen molar-refractivity contribution in [2.24, 2.45) is 5.73 Å². The van der Waals surface area contributed by atoms with Gasteiger partial charge < -0.3 is 10.5 Å². The van der Waals surface area contributed by atoms with E-state index in [1.807, 2.05) is 24.3 Å². The van der Waals surface area contributed by atoms with Crippen molar-refractivity contribution in [3.8, 4) is 11.1 Å². The first kappa shape index (κ1) is 26.2. The van der Waals surface area contributed by atoms with Gasteiger partial charge in [0, 0.05) is 11.1 Å². The largest absolute Gasteiger partial charge is 0.466 e. The third-order valence-corrected chi connectivity index (χ3v) is 5.39. The second-order valence-corrected chi connectivity index (χ2v) is 7.91. The Morgan fingerprint density at radius 2 is 1.97 bits per heavy atom. The van der Waals surface area contributed by atoms with Crippen LogP contribution in [0.4, 0.5) is 0 Å². The summed E-state index contributed by atoms with van der Waals surface area (Å²) in [7, 11) is 0. The van der Waals surface area contributed by atoms with Gasteiger partial charge >= 0.3 is 5.97 Å². The molecule has 5 heteroatoms. The first-order valence-corrected chi connectivity index (χ1v) is 10.7. The highest BCUT2D eigenvalue weighted by molar-refractivity contribution is 6.31. The van der Waals surface area contributed by atoms with Gasteiger partial charge in [-0.05, 0) is 86.4 Å². The first-order valence-electron chi connectivity index (χ1n) is 10.3. The lowest BCUT2D eigenvalue weighted by molar-refractivity contribution is -0.143. The third kappa shape index (κ3) is 7.16. The molecule has 2 N–H and O–H groups in total. The van der Waals surface area contributed by atoms with Crippen molar-refractivity contribution in [1.29, 1.82) is 0 Å². The molecular formula is C25H33Cl2NO2. The highest BCUT2D eigenvalue weighted by Gasteiger charge is 2.18. The fraction of sp³-hybridized carbons (Fsp3) is 0.400. The summed E-state index contributed by atoms with van der Waals surface area (Å²) >= 11 is 6.42. The van der Waals surface area contributed by atoms with Crippen LogP contribution in [0.25, 0.3) is 11.1 Å². The van der Waals surface area contributed by atoms with Gasteiger partial charge in [-0.1, -0.05) is 41.4 Å². The van der Waals surface area contributed by atoms with E-state index in [0.717, 1.165) is 36.8 Å². The van der Waals surface area contributed by atoms with E-state index in [1.54, 1.807) is 6.92 Å². The molecule has 0 aliphatic rings. The second kappa shape index (κ2) is 12.8. The van der Waals surface area contributed by atoms with Crippen LogP contribution >= 0.6 is 24.0 Å². The Balaban J connectivity index is 0.00000450. The summed E-state index contributed by atoms with van der Waals surface area (Å²) in [6, 6.07) is 9.91. The molecule has 0 saturated carbocycles. The lowest BCUT2D eigenvalue weighted by atomic mass is 9.89. The summed E-state index contributed by atoms with van der Waals surface area (Å²) in [4.78, 5) is 11.9. The molecule has 1 atom stereocenters. The van der Waals surface area contributed by atoms with Gasteiger partial charge in [0.25, 0.3) is 0 Å². The molecule has 2 rings (SSSR count). The Hall–Kier alpha value is -1.81. The van der Waals surface area contributed by atoms with Crippen LogP contribution < -0.4 is 5.73 Å². The summed E-state index contributed by atoms with van der Waals surface area (Å²) < 4.78 is 5.04. The Morgan fingerprint density at radius 1 is 1.23 bits per heavy atom. The summed E-state index contributed by atoms with van der Waals surface area (Å²) in [5.41, 5.74) is 13.2. The molecule has 0 saturated heterocycles. The molecule has 0 amide bonds. The number of carbonyl (C=O) groups is 1. The molecule has 0 spiro atoms. The number of hydrogen-bond donors (Lipinski definition) is 1. The average molecular weight is 450 g/mol. The maximum absolute atomic E-state index is 11.9. The second-order valence-electron chi connectivity index (χ2n) is 7.50. The third-order valence-electron chi connectivity index (χ3n) is 5.04. The molecule has 0 aromatic heterocycles. The maximum atomic E-state index is 11.9. The zero-order valence-corrected chi connectivity index (χ0v) is 19.7. The van der Waals surface area contributed by atoms with Crippen molar-refractivity contribution in [2.45, 2.75) is 58.9 Å². The first-order chi connectivity index (χ1) is 13.9. The lowest BCUT2D eigenvalue weighted by Crippen LogP contribution is -2.17. The fourth-order valence-electron chi connectivity index (χ4n) is 3.76. The topological polar surface area (TPSA) is 52.3 Å². The van der Waals surface area contributed by atoms with E-state index < -0.39 is 6.04 Å². The predicted octanol–water partition coefficient (Wildman–Crippen LogP) is 6.90. The maximum Gasteiger partial charge on any atom is 0.307 e. The van der Waals surface area contributed by atoms with E-state index in [2.05, 4.69) is 32.6 Å². The van der Waals surface area contributed by atoms with Crippen LogP contribution in [0, 0.1) is 13.8 Å². The van der Waals surface area contributed by atoms with Gasteiger partial charge in [-0.25, -0.2) is 0 Å². The molecule has 0 aliphatic heterocycles. The van der Waals surface area contributed by atoms with Gasteiger partial charge in [0.05, 0.1) is 13.0 Å². The number of ether oxygens (including phenoxy) is 1. The van der Waals surface area contributed by atoms with E-state index in [4.69, 9.17) is 22.1 Å². The number of aryl methyl sites for hydroxylation is 3. The number of halogens is 2. The van der Waals surface area contributed by atoms with Crippen LogP contribution in [0.3, 0.4) is 0 Å². The van der Waals surface area contributed by atoms with Gasteiger partial charge in [0.1, 0.15) is 0 Å². The molecule has 0 fully saturated rings. The van der Waals surface area contributed by atoms with Gasteiger partial charge in [-0.2, -0.15) is 0 Å².